The molecule has 0 saturated carbocycles. The van der Waals surface area contributed by atoms with E-state index in [0.717, 1.165) is 42.0 Å². The second-order valence-corrected chi connectivity index (χ2v) is 8.35. The molecule has 2 aromatic carbocycles. The van der Waals surface area contributed by atoms with E-state index in [9.17, 15) is 4.79 Å². The van der Waals surface area contributed by atoms with Gasteiger partial charge in [0.1, 0.15) is 5.75 Å². The minimum absolute atomic E-state index is 0.0268. The van der Waals surface area contributed by atoms with Crippen molar-refractivity contribution in [2.24, 2.45) is 7.05 Å². The number of hydrogen-bond acceptors (Lipinski definition) is 5. The highest BCUT2D eigenvalue weighted by Gasteiger charge is 2.25. The van der Waals surface area contributed by atoms with E-state index in [1.807, 2.05) is 48.3 Å². The molecule has 168 valence electrons. The molecule has 0 unspecified atom stereocenters. The minimum atomic E-state index is 0.0268. The molecule has 4 aromatic rings. The van der Waals surface area contributed by atoms with Gasteiger partial charge >= 0.3 is 0 Å². The summed E-state index contributed by atoms with van der Waals surface area (Å²) in [5.74, 6) is 0.778. The lowest BCUT2D eigenvalue weighted by Crippen LogP contribution is -2.48. The lowest BCUT2D eigenvalue weighted by molar-refractivity contribution is 0.0630. The van der Waals surface area contributed by atoms with Gasteiger partial charge in [-0.1, -0.05) is 42.5 Å². The third-order valence-electron chi connectivity index (χ3n) is 6.21. The third kappa shape index (κ3) is 4.32. The first-order chi connectivity index (χ1) is 16.1. The fourth-order valence-corrected chi connectivity index (χ4v) is 4.34. The number of methoxy groups -OCH3 is 1. The third-order valence-corrected chi connectivity index (χ3v) is 6.21. The second-order valence-electron chi connectivity index (χ2n) is 8.35. The fourth-order valence-electron chi connectivity index (χ4n) is 4.34. The average molecular weight is 442 g/mol. The number of pyridine rings is 1. The molecule has 0 N–H and O–H groups in total. The number of carbonyl (C=O) groups excluding carboxylic acids is 1. The van der Waals surface area contributed by atoms with Gasteiger partial charge in [-0.2, -0.15) is 5.10 Å². The van der Waals surface area contributed by atoms with Crippen LogP contribution in [0.4, 0.5) is 0 Å². The summed E-state index contributed by atoms with van der Waals surface area (Å²) in [5, 5.41) is 5.14. The molecular weight excluding hydrogens is 414 g/mol. The summed E-state index contributed by atoms with van der Waals surface area (Å²) >= 11 is 0. The molecule has 1 aliphatic heterocycles. The summed E-state index contributed by atoms with van der Waals surface area (Å²) in [6.45, 7) is 4.01. The number of hydrogen-bond donors (Lipinski definition) is 0. The second kappa shape index (κ2) is 9.03. The van der Waals surface area contributed by atoms with Crippen LogP contribution in [0.1, 0.15) is 15.9 Å². The van der Waals surface area contributed by atoms with Gasteiger partial charge in [0.15, 0.2) is 5.65 Å². The van der Waals surface area contributed by atoms with Gasteiger partial charge < -0.3 is 9.64 Å². The zero-order valence-electron chi connectivity index (χ0n) is 18.9. The van der Waals surface area contributed by atoms with Crippen LogP contribution in [0.3, 0.4) is 0 Å². The molecule has 1 fully saturated rings. The van der Waals surface area contributed by atoms with E-state index in [4.69, 9.17) is 9.72 Å². The standard InChI is InChI=1S/C26H27N5O2/c1-29-25-23(17-27-29)22(16-24(28-25)20-9-6-10-21(15-20)33-2)26(32)31-13-11-30(12-14-31)18-19-7-4-3-5-8-19/h3-10,15-17H,11-14,18H2,1-2H3. The summed E-state index contributed by atoms with van der Waals surface area (Å²) in [5.41, 5.74) is 4.27. The predicted molar refractivity (Wildman–Crippen MR) is 128 cm³/mol. The van der Waals surface area contributed by atoms with E-state index >= 15 is 0 Å². The van der Waals surface area contributed by atoms with Gasteiger partial charge in [0.25, 0.3) is 5.91 Å². The number of piperazine rings is 1. The number of aromatic nitrogens is 3. The number of rotatable bonds is 5. The van der Waals surface area contributed by atoms with Crippen molar-refractivity contribution >= 4 is 16.9 Å². The Morgan fingerprint density at radius 2 is 1.79 bits per heavy atom. The minimum Gasteiger partial charge on any atom is -0.497 e. The Kier molecular flexibility index (Phi) is 5.79. The van der Waals surface area contributed by atoms with Gasteiger partial charge in [-0.25, -0.2) is 4.98 Å². The molecule has 1 aliphatic rings. The Morgan fingerprint density at radius 3 is 2.55 bits per heavy atom. The Balaban J connectivity index is 1.40. The summed E-state index contributed by atoms with van der Waals surface area (Å²) in [7, 11) is 3.49. The Bertz CT molecular complexity index is 1280. The molecule has 7 heteroatoms. The van der Waals surface area contributed by atoms with Gasteiger partial charge in [-0.15, -0.1) is 0 Å². The molecule has 0 bridgehead atoms. The quantitative estimate of drug-likeness (QED) is 0.474. The van der Waals surface area contributed by atoms with Crippen LogP contribution in [-0.4, -0.2) is 63.8 Å². The van der Waals surface area contributed by atoms with E-state index in [0.29, 0.717) is 24.3 Å². The molecule has 1 saturated heterocycles. The van der Waals surface area contributed by atoms with Gasteiger partial charge in [0, 0.05) is 45.3 Å². The van der Waals surface area contributed by atoms with E-state index in [1.165, 1.54) is 5.56 Å². The number of aryl methyl sites for hydroxylation is 1. The number of carbonyl (C=O) groups is 1. The van der Waals surface area contributed by atoms with Crippen LogP contribution in [0.5, 0.6) is 5.75 Å². The van der Waals surface area contributed by atoms with Crippen LogP contribution in [0.2, 0.25) is 0 Å². The van der Waals surface area contributed by atoms with Crippen LogP contribution in [0.15, 0.2) is 66.9 Å². The Hall–Kier alpha value is -3.71. The average Bonchev–Trinajstić information content (AvgIpc) is 3.25. The molecule has 0 radical (unpaired) electrons. The van der Waals surface area contributed by atoms with E-state index in [1.54, 1.807) is 18.0 Å². The first kappa shape index (κ1) is 21.2. The van der Waals surface area contributed by atoms with Gasteiger partial charge in [0.05, 0.1) is 30.0 Å². The smallest absolute Gasteiger partial charge is 0.254 e. The van der Waals surface area contributed by atoms with Crippen LogP contribution in [0, 0.1) is 0 Å². The summed E-state index contributed by atoms with van der Waals surface area (Å²) in [4.78, 5) is 22.7. The highest BCUT2D eigenvalue weighted by Crippen LogP contribution is 2.28. The lowest BCUT2D eigenvalue weighted by atomic mass is 10.1. The van der Waals surface area contributed by atoms with Gasteiger partial charge in [0.2, 0.25) is 0 Å². The van der Waals surface area contributed by atoms with Gasteiger partial charge in [-0.3, -0.25) is 14.4 Å². The molecule has 2 aromatic heterocycles. The molecule has 1 amide bonds. The number of nitrogens with zero attached hydrogens (tertiary/aromatic N) is 5. The molecule has 33 heavy (non-hydrogen) atoms. The Morgan fingerprint density at radius 1 is 1.00 bits per heavy atom. The zero-order chi connectivity index (χ0) is 22.8. The van der Waals surface area contributed by atoms with Crippen molar-refractivity contribution in [3.63, 3.8) is 0 Å². The largest absolute Gasteiger partial charge is 0.497 e. The summed E-state index contributed by atoms with van der Waals surface area (Å²) < 4.78 is 7.09. The molecule has 0 aliphatic carbocycles. The molecule has 0 spiro atoms. The van der Waals surface area contributed by atoms with Crippen molar-refractivity contribution in [1.29, 1.82) is 0 Å². The van der Waals surface area contributed by atoms with Crippen molar-refractivity contribution in [3.8, 4) is 17.0 Å². The molecule has 0 atom stereocenters. The molecule has 7 nitrogen and oxygen atoms in total. The normalized spacial score (nSPS) is 14.5. The highest BCUT2D eigenvalue weighted by atomic mass is 16.5. The van der Waals surface area contributed by atoms with Crippen molar-refractivity contribution in [2.75, 3.05) is 33.3 Å². The predicted octanol–water partition coefficient (Wildman–Crippen LogP) is 3.60. The van der Waals surface area contributed by atoms with Crippen LogP contribution >= 0.6 is 0 Å². The maximum atomic E-state index is 13.6. The van der Waals surface area contributed by atoms with Crippen LogP contribution in [-0.2, 0) is 13.6 Å². The van der Waals surface area contributed by atoms with Gasteiger partial charge in [-0.05, 0) is 23.8 Å². The highest BCUT2D eigenvalue weighted by molar-refractivity contribution is 6.06. The first-order valence-corrected chi connectivity index (χ1v) is 11.1. The molecule has 3 heterocycles. The SMILES string of the molecule is COc1cccc(-c2cc(C(=O)N3CCN(Cc4ccccc4)CC3)c3cnn(C)c3n2)c1. The van der Waals surface area contributed by atoms with Crippen molar-refractivity contribution in [3.05, 3.63) is 78.0 Å². The van der Waals surface area contributed by atoms with Crippen molar-refractivity contribution in [2.45, 2.75) is 6.54 Å². The number of fused-ring (bicyclic) bond motifs is 1. The number of amides is 1. The van der Waals surface area contributed by atoms with E-state index in [-0.39, 0.29) is 5.91 Å². The topological polar surface area (TPSA) is 63.5 Å². The van der Waals surface area contributed by atoms with E-state index < -0.39 is 0 Å². The molecular formula is C26H27N5O2. The monoisotopic (exact) mass is 441 g/mol. The maximum Gasteiger partial charge on any atom is 0.254 e. The fraction of sp³-hybridized carbons (Fsp3) is 0.269. The summed E-state index contributed by atoms with van der Waals surface area (Å²) in [6.07, 6.45) is 1.73. The number of benzene rings is 2. The Labute approximate surface area is 193 Å². The van der Waals surface area contributed by atoms with E-state index in [2.05, 4.69) is 34.3 Å². The van der Waals surface area contributed by atoms with Crippen LogP contribution < -0.4 is 4.74 Å². The van der Waals surface area contributed by atoms with Crippen LogP contribution in [0.25, 0.3) is 22.3 Å². The molecule has 5 rings (SSSR count). The summed E-state index contributed by atoms with van der Waals surface area (Å²) in [6, 6.07) is 20.1. The zero-order valence-corrected chi connectivity index (χ0v) is 18.9. The van der Waals surface area contributed by atoms with Crippen molar-refractivity contribution < 1.29 is 9.53 Å². The number of ether oxygens (including phenoxy) is 1. The lowest BCUT2D eigenvalue weighted by Gasteiger charge is -2.35. The maximum absolute atomic E-state index is 13.6. The first-order valence-electron chi connectivity index (χ1n) is 11.1. The van der Waals surface area contributed by atoms with Crippen molar-refractivity contribution in [1.82, 2.24) is 24.6 Å².